The van der Waals surface area contributed by atoms with Gasteiger partial charge in [-0.3, -0.25) is 14.5 Å². The Morgan fingerprint density at radius 3 is 2.29 bits per heavy atom. The third kappa shape index (κ3) is 2.21. The summed E-state index contributed by atoms with van der Waals surface area (Å²) in [5.41, 5.74) is 3.32. The summed E-state index contributed by atoms with van der Waals surface area (Å²) < 4.78 is 0. The van der Waals surface area contributed by atoms with Gasteiger partial charge in [0.15, 0.2) is 0 Å². The molecule has 0 unspecified atom stereocenters. The monoisotopic (exact) mass is 320 g/mol. The van der Waals surface area contributed by atoms with Crippen LogP contribution in [0.15, 0.2) is 48.5 Å². The highest BCUT2D eigenvalue weighted by Crippen LogP contribution is 2.33. The lowest BCUT2D eigenvalue weighted by molar-refractivity contribution is 0.0559. The molecule has 2 aliphatic heterocycles. The van der Waals surface area contributed by atoms with E-state index in [-0.39, 0.29) is 23.9 Å². The number of fused-ring (bicyclic) bond motifs is 2. The highest BCUT2D eigenvalue weighted by molar-refractivity contribution is 6.21. The van der Waals surface area contributed by atoms with Crippen LogP contribution >= 0.6 is 0 Å². The van der Waals surface area contributed by atoms with Crippen molar-refractivity contribution in [1.29, 1.82) is 0 Å². The molecule has 2 amide bonds. The fraction of sp³-hybridized carbons (Fsp3) is 0.300. The molecular formula is C20H20N2O2. The molecule has 4 rings (SSSR count). The number of carbonyl (C=O) groups is 2. The van der Waals surface area contributed by atoms with Crippen molar-refractivity contribution in [3.8, 4) is 0 Å². The predicted molar refractivity (Wildman–Crippen MR) is 93.2 cm³/mol. The van der Waals surface area contributed by atoms with Crippen LogP contribution in [0.3, 0.4) is 0 Å². The Bertz CT molecular complexity index is 780. The van der Waals surface area contributed by atoms with Gasteiger partial charge in [-0.05, 0) is 36.6 Å². The number of nitrogens with zero attached hydrogens (tertiary/aromatic N) is 1. The first kappa shape index (κ1) is 14.9. The van der Waals surface area contributed by atoms with E-state index < -0.39 is 0 Å². The lowest BCUT2D eigenvalue weighted by Crippen LogP contribution is -2.52. The molecule has 0 radical (unpaired) electrons. The van der Waals surface area contributed by atoms with Crippen LogP contribution in [0.1, 0.15) is 46.0 Å². The third-order valence-electron chi connectivity index (χ3n) is 5.01. The van der Waals surface area contributed by atoms with Gasteiger partial charge < -0.3 is 5.32 Å². The molecule has 0 saturated carbocycles. The average molecular weight is 320 g/mol. The van der Waals surface area contributed by atoms with Gasteiger partial charge in [-0.25, -0.2) is 0 Å². The number of rotatable bonds is 3. The highest BCUT2D eigenvalue weighted by Gasteiger charge is 2.43. The van der Waals surface area contributed by atoms with Crippen LogP contribution in [0, 0.1) is 0 Å². The maximum atomic E-state index is 12.8. The van der Waals surface area contributed by atoms with Gasteiger partial charge in [0.05, 0.1) is 17.2 Å². The highest BCUT2D eigenvalue weighted by atomic mass is 16.2. The van der Waals surface area contributed by atoms with Crippen LogP contribution in [0.4, 0.5) is 5.69 Å². The van der Waals surface area contributed by atoms with Gasteiger partial charge in [-0.1, -0.05) is 43.7 Å². The molecule has 2 aliphatic rings. The van der Waals surface area contributed by atoms with Crippen LogP contribution in [0.5, 0.6) is 0 Å². The zero-order valence-electron chi connectivity index (χ0n) is 13.7. The second-order valence-corrected chi connectivity index (χ2v) is 6.49. The Hall–Kier alpha value is -2.62. The van der Waals surface area contributed by atoms with Crippen molar-refractivity contribution in [2.24, 2.45) is 0 Å². The third-order valence-corrected chi connectivity index (χ3v) is 5.01. The average Bonchev–Trinajstić information content (AvgIpc) is 2.86. The van der Waals surface area contributed by atoms with E-state index in [2.05, 4.69) is 24.4 Å². The van der Waals surface area contributed by atoms with Gasteiger partial charge >= 0.3 is 0 Å². The Balaban J connectivity index is 1.72. The number of para-hydroxylation sites is 1. The van der Waals surface area contributed by atoms with Crippen molar-refractivity contribution in [2.45, 2.75) is 38.3 Å². The van der Waals surface area contributed by atoms with Gasteiger partial charge in [-0.2, -0.15) is 0 Å². The summed E-state index contributed by atoms with van der Waals surface area (Å²) in [5.74, 6) is -0.328. The number of carbonyl (C=O) groups excluding carboxylic acids is 2. The zero-order valence-corrected chi connectivity index (χ0v) is 13.7. The fourth-order valence-electron chi connectivity index (χ4n) is 3.86. The van der Waals surface area contributed by atoms with E-state index in [0.29, 0.717) is 17.5 Å². The van der Waals surface area contributed by atoms with Crippen LogP contribution in [-0.4, -0.2) is 28.8 Å². The van der Waals surface area contributed by atoms with Crippen molar-refractivity contribution < 1.29 is 9.59 Å². The van der Waals surface area contributed by atoms with E-state index in [1.54, 1.807) is 12.1 Å². The van der Waals surface area contributed by atoms with Gasteiger partial charge in [-0.15, -0.1) is 0 Å². The quantitative estimate of drug-likeness (QED) is 0.881. The topological polar surface area (TPSA) is 49.4 Å². The summed E-state index contributed by atoms with van der Waals surface area (Å²) in [7, 11) is 0. The summed E-state index contributed by atoms with van der Waals surface area (Å²) >= 11 is 0. The van der Waals surface area contributed by atoms with Crippen molar-refractivity contribution >= 4 is 17.5 Å². The summed E-state index contributed by atoms with van der Waals surface area (Å²) in [5, 5.41) is 3.55. The summed E-state index contributed by atoms with van der Waals surface area (Å²) in [6, 6.07) is 15.2. The molecular weight excluding hydrogens is 300 g/mol. The lowest BCUT2D eigenvalue weighted by atomic mass is 9.89. The normalized spacial score (nSPS) is 22.1. The Labute approximate surface area is 141 Å². The number of nitrogens with one attached hydrogen (secondary N) is 1. The summed E-state index contributed by atoms with van der Waals surface area (Å²) in [6.07, 6.45) is 2.63. The smallest absolute Gasteiger partial charge is 0.261 e. The largest absolute Gasteiger partial charge is 0.380 e. The minimum atomic E-state index is -0.164. The Kier molecular flexibility index (Phi) is 3.60. The molecule has 2 heterocycles. The molecule has 24 heavy (non-hydrogen) atoms. The van der Waals surface area contributed by atoms with Crippen LogP contribution in [-0.2, 0) is 6.42 Å². The maximum Gasteiger partial charge on any atom is 0.261 e. The van der Waals surface area contributed by atoms with E-state index in [9.17, 15) is 9.59 Å². The van der Waals surface area contributed by atoms with Gasteiger partial charge in [0.25, 0.3) is 11.8 Å². The molecule has 2 aromatic rings. The summed E-state index contributed by atoms with van der Waals surface area (Å²) in [6.45, 7) is 2.13. The second kappa shape index (κ2) is 5.78. The first-order valence-electron chi connectivity index (χ1n) is 8.52. The van der Waals surface area contributed by atoms with Crippen LogP contribution < -0.4 is 5.32 Å². The van der Waals surface area contributed by atoms with Crippen LogP contribution in [0.25, 0.3) is 0 Å². The van der Waals surface area contributed by atoms with Gasteiger partial charge in [0.2, 0.25) is 0 Å². The minimum absolute atomic E-state index is 0.0899. The van der Waals surface area contributed by atoms with Gasteiger partial charge in [0.1, 0.15) is 0 Å². The number of imide groups is 1. The zero-order chi connectivity index (χ0) is 16.7. The Morgan fingerprint density at radius 1 is 1.00 bits per heavy atom. The first-order valence-corrected chi connectivity index (χ1v) is 8.52. The molecule has 0 fully saturated rings. The molecule has 4 nitrogen and oxygen atoms in total. The number of hydrogen-bond acceptors (Lipinski definition) is 3. The molecule has 0 spiro atoms. The standard InChI is InChI=1S/C20H20N2O2/c1-2-7-17-18(12-13-8-3-6-11-16(13)21-17)22-19(23)14-9-4-5-10-15(14)20(22)24/h3-6,8-11,17-18,21H,2,7,12H2,1H3/t17-,18-/m1/s1. The van der Waals surface area contributed by atoms with Crippen LogP contribution in [0.2, 0.25) is 0 Å². The maximum absolute atomic E-state index is 12.8. The minimum Gasteiger partial charge on any atom is -0.380 e. The number of amides is 2. The van der Waals surface area contributed by atoms with Gasteiger partial charge in [0, 0.05) is 11.7 Å². The first-order chi connectivity index (χ1) is 11.7. The molecule has 122 valence electrons. The molecule has 1 N–H and O–H groups in total. The van der Waals surface area contributed by atoms with Crippen molar-refractivity contribution in [3.05, 3.63) is 65.2 Å². The molecule has 2 atom stereocenters. The molecule has 0 aromatic heterocycles. The molecule has 4 heteroatoms. The fourth-order valence-corrected chi connectivity index (χ4v) is 3.86. The number of hydrogen-bond donors (Lipinski definition) is 1. The van der Waals surface area contributed by atoms with Crippen molar-refractivity contribution in [2.75, 3.05) is 5.32 Å². The summed E-state index contributed by atoms with van der Waals surface area (Å²) in [4.78, 5) is 27.2. The van der Waals surface area contributed by atoms with E-state index in [4.69, 9.17) is 0 Å². The van der Waals surface area contributed by atoms with E-state index >= 15 is 0 Å². The number of benzene rings is 2. The van der Waals surface area contributed by atoms with E-state index in [1.807, 2.05) is 24.3 Å². The second-order valence-electron chi connectivity index (χ2n) is 6.49. The molecule has 0 bridgehead atoms. The molecule has 0 aliphatic carbocycles. The van der Waals surface area contributed by atoms with E-state index in [1.165, 1.54) is 4.90 Å². The number of anilines is 1. The Morgan fingerprint density at radius 2 is 1.62 bits per heavy atom. The molecule has 2 aromatic carbocycles. The van der Waals surface area contributed by atoms with Crippen molar-refractivity contribution in [3.63, 3.8) is 0 Å². The molecule has 0 saturated heterocycles. The lowest BCUT2D eigenvalue weighted by Gasteiger charge is -2.39. The van der Waals surface area contributed by atoms with E-state index in [0.717, 1.165) is 24.1 Å². The predicted octanol–water partition coefficient (Wildman–Crippen LogP) is 3.49. The SMILES string of the molecule is CCC[C@H]1Nc2ccccc2C[C@H]1N1C(=O)c2ccccc2C1=O. The van der Waals surface area contributed by atoms with Crippen molar-refractivity contribution in [1.82, 2.24) is 4.90 Å².